The number of nitrogens with two attached hydrogens (primary N) is 1. The lowest BCUT2D eigenvalue weighted by Gasteiger charge is -2.19. The SMILES string of the molecule is NCc1ccnnc1N1CCC(c2ccccc2)C1. The monoisotopic (exact) mass is 254 g/mol. The summed E-state index contributed by atoms with van der Waals surface area (Å²) in [5, 5.41) is 8.24. The van der Waals surface area contributed by atoms with Crippen molar-refractivity contribution in [1.29, 1.82) is 0 Å². The number of aromatic nitrogens is 2. The fraction of sp³-hybridized carbons (Fsp3) is 0.333. The Hall–Kier alpha value is -1.94. The molecule has 4 nitrogen and oxygen atoms in total. The summed E-state index contributed by atoms with van der Waals surface area (Å²) in [6.07, 6.45) is 2.86. The van der Waals surface area contributed by atoms with E-state index in [1.165, 1.54) is 5.56 Å². The van der Waals surface area contributed by atoms with Gasteiger partial charge in [0.1, 0.15) is 0 Å². The van der Waals surface area contributed by atoms with Crippen molar-refractivity contribution in [2.24, 2.45) is 5.73 Å². The van der Waals surface area contributed by atoms with Crippen LogP contribution >= 0.6 is 0 Å². The zero-order valence-corrected chi connectivity index (χ0v) is 10.9. The number of anilines is 1. The molecule has 1 fully saturated rings. The van der Waals surface area contributed by atoms with E-state index in [-0.39, 0.29) is 0 Å². The minimum absolute atomic E-state index is 0.511. The predicted octanol–water partition coefficient (Wildman–Crippen LogP) is 1.93. The Balaban J connectivity index is 1.79. The molecule has 0 amide bonds. The number of rotatable bonds is 3. The van der Waals surface area contributed by atoms with Gasteiger partial charge in [0.25, 0.3) is 0 Å². The Morgan fingerprint density at radius 3 is 2.84 bits per heavy atom. The van der Waals surface area contributed by atoms with Crippen LogP contribution in [0.3, 0.4) is 0 Å². The van der Waals surface area contributed by atoms with E-state index >= 15 is 0 Å². The highest BCUT2D eigenvalue weighted by molar-refractivity contribution is 5.47. The molecule has 0 bridgehead atoms. The van der Waals surface area contributed by atoms with Gasteiger partial charge in [0.15, 0.2) is 5.82 Å². The van der Waals surface area contributed by atoms with Crippen LogP contribution < -0.4 is 10.6 Å². The van der Waals surface area contributed by atoms with E-state index in [0.29, 0.717) is 12.5 Å². The van der Waals surface area contributed by atoms with E-state index in [2.05, 4.69) is 45.4 Å². The molecule has 19 heavy (non-hydrogen) atoms. The molecule has 1 aromatic carbocycles. The third kappa shape index (κ3) is 2.44. The zero-order chi connectivity index (χ0) is 13.1. The van der Waals surface area contributed by atoms with Crippen molar-refractivity contribution in [1.82, 2.24) is 10.2 Å². The van der Waals surface area contributed by atoms with Gasteiger partial charge < -0.3 is 10.6 Å². The third-order valence-corrected chi connectivity index (χ3v) is 3.76. The molecule has 4 heteroatoms. The van der Waals surface area contributed by atoms with Crippen LogP contribution in [0, 0.1) is 0 Å². The fourth-order valence-electron chi connectivity index (χ4n) is 2.73. The Morgan fingerprint density at radius 1 is 1.21 bits per heavy atom. The molecule has 3 rings (SSSR count). The average molecular weight is 254 g/mol. The van der Waals surface area contributed by atoms with Crippen LogP contribution in [0.5, 0.6) is 0 Å². The molecule has 2 N–H and O–H groups in total. The largest absolute Gasteiger partial charge is 0.354 e. The maximum Gasteiger partial charge on any atom is 0.155 e. The molecule has 1 aromatic heterocycles. The Labute approximate surface area is 113 Å². The molecule has 2 aromatic rings. The van der Waals surface area contributed by atoms with Crippen molar-refractivity contribution in [3.63, 3.8) is 0 Å². The standard InChI is InChI=1S/C15H18N4/c16-10-13-6-8-17-18-15(13)19-9-7-14(11-19)12-4-2-1-3-5-12/h1-6,8,14H,7,9-11,16H2. The summed E-state index contributed by atoms with van der Waals surface area (Å²) < 4.78 is 0. The number of hydrogen-bond donors (Lipinski definition) is 1. The highest BCUT2D eigenvalue weighted by atomic mass is 15.3. The summed E-state index contributed by atoms with van der Waals surface area (Å²) in [7, 11) is 0. The van der Waals surface area contributed by atoms with Crippen LogP contribution in [0.4, 0.5) is 5.82 Å². The molecule has 1 aliphatic rings. The van der Waals surface area contributed by atoms with Gasteiger partial charge >= 0.3 is 0 Å². The highest BCUT2D eigenvalue weighted by Crippen LogP contribution is 2.30. The first-order valence-corrected chi connectivity index (χ1v) is 6.69. The van der Waals surface area contributed by atoms with Gasteiger partial charge in [-0.25, -0.2) is 0 Å². The lowest BCUT2D eigenvalue weighted by molar-refractivity contribution is 0.772. The minimum Gasteiger partial charge on any atom is -0.354 e. The second kappa shape index (κ2) is 5.36. The summed E-state index contributed by atoms with van der Waals surface area (Å²) in [5.41, 5.74) is 8.25. The zero-order valence-electron chi connectivity index (χ0n) is 10.9. The normalized spacial score (nSPS) is 18.8. The molecule has 0 radical (unpaired) electrons. The molecule has 1 saturated heterocycles. The van der Waals surface area contributed by atoms with Gasteiger partial charge in [-0.3, -0.25) is 0 Å². The van der Waals surface area contributed by atoms with E-state index in [1.54, 1.807) is 6.20 Å². The summed E-state index contributed by atoms with van der Waals surface area (Å²) in [6, 6.07) is 12.6. The highest BCUT2D eigenvalue weighted by Gasteiger charge is 2.26. The first kappa shape index (κ1) is 12.1. The minimum atomic E-state index is 0.511. The smallest absolute Gasteiger partial charge is 0.155 e. The van der Waals surface area contributed by atoms with E-state index in [0.717, 1.165) is 30.9 Å². The van der Waals surface area contributed by atoms with Crippen molar-refractivity contribution in [3.8, 4) is 0 Å². The van der Waals surface area contributed by atoms with Gasteiger partial charge in [-0.1, -0.05) is 30.3 Å². The van der Waals surface area contributed by atoms with E-state index in [4.69, 9.17) is 5.73 Å². The summed E-state index contributed by atoms with van der Waals surface area (Å²) in [4.78, 5) is 2.30. The van der Waals surface area contributed by atoms with Crippen LogP contribution in [0.15, 0.2) is 42.6 Å². The van der Waals surface area contributed by atoms with Gasteiger partial charge in [-0.2, -0.15) is 5.10 Å². The van der Waals surface area contributed by atoms with Gasteiger partial charge in [0.2, 0.25) is 0 Å². The second-order valence-electron chi connectivity index (χ2n) is 4.93. The maximum absolute atomic E-state index is 5.77. The molecule has 0 saturated carbocycles. The summed E-state index contributed by atoms with van der Waals surface area (Å²) >= 11 is 0. The summed E-state index contributed by atoms with van der Waals surface area (Å²) in [5.74, 6) is 1.53. The number of benzene rings is 1. The van der Waals surface area contributed by atoms with Crippen LogP contribution in [-0.4, -0.2) is 23.3 Å². The lowest BCUT2D eigenvalue weighted by Crippen LogP contribution is -2.23. The Kier molecular flexibility index (Phi) is 3.42. The number of hydrogen-bond acceptors (Lipinski definition) is 4. The maximum atomic E-state index is 5.77. The first-order chi connectivity index (χ1) is 9.38. The Bertz CT molecular complexity index is 541. The van der Waals surface area contributed by atoms with Crippen LogP contribution in [0.1, 0.15) is 23.5 Å². The molecule has 1 atom stereocenters. The fourth-order valence-corrected chi connectivity index (χ4v) is 2.73. The molecule has 0 spiro atoms. The topological polar surface area (TPSA) is 55.0 Å². The quantitative estimate of drug-likeness (QED) is 0.909. The van der Waals surface area contributed by atoms with Gasteiger partial charge in [0.05, 0.1) is 6.20 Å². The Morgan fingerprint density at radius 2 is 2.05 bits per heavy atom. The summed E-state index contributed by atoms with van der Waals surface area (Å²) in [6.45, 7) is 2.53. The lowest BCUT2D eigenvalue weighted by atomic mass is 9.99. The van der Waals surface area contributed by atoms with E-state index in [9.17, 15) is 0 Å². The molecule has 2 heterocycles. The van der Waals surface area contributed by atoms with Crippen molar-refractivity contribution in [3.05, 3.63) is 53.7 Å². The molecular formula is C15H18N4. The molecule has 1 aliphatic heterocycles. The van der Waals surface area contributed by atoms with Gasteiger partial charge in [0, 0.05) is 31.1 Å². The van der Waals surface area contributed by atoms with Crippen molar-refractivity contribution in [2.45, 2.75) is 18.9 Å². The molecule has 1 unspecified atom stereocenters. The van der Waals surface area contributed by atoms with Crippen LogP contribution in [0.25, 0.3) is 0 Å². The third-order valence-electron chi connectivity index (χ3n) is 3.76. The van der Waals surface area contributed by atoms with Gasteiger partial charge in [-0.05, 0) is 18.1 Å². The first-order valence-electron chi connectivity index (χ1n) is 6.69. The van der Waals surface area contributed by atoms with E-state index in [1.807, 2.05) is 6.07 Å². The second-order valence-corrected chi connectivity index (χ2v) is 4.93. The predicted molar refractivity (Wildman–Crippen MR) is 75.9 cm³/mol. The molecular weight excluding hydrogens is 236 g/mol. The van der Waals surface area contributed by atoms with Crippen molar-refractivity contribution >= 4 is 5.82 Å². The van der Waals surface area contributed by atoms with Crippen LogP contribution in [-0.2, 0) is 6.54 Å². The number of nitrogens with zero attached hydrogens (tertiary/aromatic N) is 3. The van der Waals surface area contributed by atoms with Gasteiger partial charge in [-0.15, -0.1) is 5.10 Å². The molecule has 0 aliphatic carbocycles. The van der Waals surface area contributed by atoms with E-state index < -0.39 is 0 Å². The molecule has 98 valence electrons. The van der Waals surface area contributed by atoms with Crippen molar-refractivity contribution < 1.29 is 0 Å². The van der Waals surface area contributed by atoms with Crippen molar-refractivity contribution in [2.75, 3.05) is 18.0 Å². The average Bonchev–Trinajstić information content (AvgIpc) is 2.98. The van der Waals surface area contributed by atoms with Crippen LogP contribution in [0.2, 0.25) is 0 Å².